The summed E-state index contributed by atoms with van der Waals surface area (Å²) in [7, 11) is 1.35. The molecule has 0 aliphatic rings. The summed E-state index contributed by atoms with van der Waals surface area (Å²) >= 11 is 3.26. The number of hydrogen-bond acceptors (Lipinski definition) is 3. The average molecular weight is 431 g/mol. The molecule has 0 aliphatic carbocycles. The lowest BCUT2D eigenvalue weighted by atomic mass is 10.1. The van der Waals surface area contributed by atoms with Gasteiger partial charge in [0.1, 0.15) is 11.7 Å². The molecule has 0 saturated carbocycles. The molecule has 4 N–H and O–H groups in total. The number of methoxy groups -OCH3 is 1. The summed E-state index contributed by atoms with van der Waals surface area (Å²) in [5.41, 5.74) is 6.99. The number of nitrogen functional groups attached to an aromatic ring is 1. The summed E-state index contributed by atoms with van der Waals surface area (Å²) in [6, 6.07) is 11.3. The Morgan fingerprint density at radius 3 is 2.52 bits per heavy atom. The van der Waals surface area contributed by atoms with E-state index in [9.17, 15) is 9.18 Å². The minimum absolute atomic E-state index is 0. The van der Waals surface area contributed by atoms with Gasteiger partial charge in [-0.25, -0.2) is 4.39 Å². The quantitative estimate of drug-likeness (QED) is 0.485. The van der Waals surface area contributed by atoms with E-state index in [1.54, 1.807) is 30.3 Å². The normalized spacial score (nSPS) is 11.3. The molecular formula is C17H18BrClFN3O2. The van der Waals surface area contributed by atoms with Gasteiger partial charge in [-0.3, -0.25) is 10.2 Å². The van der Waals surface area contributed by atoms with Gasteiger partial charge in [-0.2, -0.15) is 0 Å². The van der Waals surface area contributed by atoms with Crippen molar-refractivity contribution in [3.05, 3.63) is 69.4 Å². The number of nitrogens with one attached hydrogen (secondary N) is 2. The summed E-state index contributed by atoms with van der Waals surface area (Å²) in [5.74, 6) is -0.966. The Balaban J connectivity index is 0.00000312. The van der Waals surface area contributed by atoms with Gasteiger partial charge in [0.25, 0.3) is 5.91 Å². The van der Waals surface area contributed by atoms with Crippen molar-refractivity contribution in [3.63, 3.8) is 0 Å². The molecule has 0 aromatic heterocycles. The fraction of sp³-hybridized carbons (Fsp3) is 0.176. The molecule has 0 spiro atoms. The first-order chi connectivity index (χ1) is 11.4. The third-order valence-electron chi connectivity index (χ3n) is 3.45. The maximum atomic E-state index is 13.9. The Morgan fingerprint density at radius 2 is 1.96 bits per heavy atom. The van der Waals surface area contributed by atoms with Gasteiger partial charge in [-0.15, -0.1) is 12.4 Å². The highest BCUT2D eigenvalue weighted by molar-refractivity contribution is 9.10. The van der Waals surface area contributed by atoms with Crippen LogP contribution in [0.25, 0.3) is 0 Å². The predicted octanol–water partition coefficient (Wildman–Crippen LogP) is 3.30. The van der Waals surface area contributed by atoms with Crippen molar-refractivity contribution in [3.8, 4) is 0 Å². The Morgan fingerprint density at radius 1 is 1.32 bits per heavy atom. The maximum Gasteiger partial charge on any atom is 0.254 e. The van der Waals surface area contributed by atoms with Crippen LogP contribution in [0, 0.1) is 11.2 Å². The Labute approximate surface area is 159 Å². The predicted molar refractivity (Wildman–Crippen MR) is 100 cm³/mol. The largest absolute Gasteiger partial charge is 0.384 e. The molecule has 0 unspecified atom stereocenters. The topological polar surface area (TPSA) is 88.2 Å². The van der Waals surface area contributed by atoms with Crippen LogP contribution in [-0.2, 0) is 16.1 Å². The number of carbonyl (C=O) groups excluding carboxylic acids is 1. The molecule has 1 atom stereocenters. The Hall–Kier alpha value is -1.96. The zero-order valence-electron chi connectivity index (χ0n) is 13.4. The molecular weight excluding hydrogens is 413 g/mol. The lowest BCUT2D eigenvalue weighted by Gasteiger charge is -2.17. The van der Waals surface area contributed by atoms with Crippen LogP contribution in [0.4, 0.5) is 4.39 Å². The van der Waals surface area contributed by atoms with Crippen LogP contribution in [0.15, 0.2) is 46.9 Å². The molecule has 0 saturated heterocycles. The van der Waals surface area contributed by atoms with E-state index >= 15 is 0 Å². The number of amides is 1. The highest BCUT2D eigenvalue weighted by Crippen LogP contribution is 2.24. The smallest absolute Gasteiger partial charge is 0.254 e. The zero-order chi connectivity index (χ0) is 17.7. The van der Waals surface area contributed by atoms with E-state index in [4.69, 9.17) is 15.9 Å². The summed E-state index contributed by atoms with van der Waals surface area (Å²) < 4.78 is 19.8. The molecule has 1 amide bonds. The van der Waals surface area contributed by atoms with E-state index in [0.29, 0.717) is 10.0 Å². The molecule has 25 heavy (non-hydrogen) atoms. The highest BCUT2D eigenvalue weighted by atomic mass is 79.9. The molecule has 2 aromatic rings. The van der Waals surface area contributed by atoms with Gasteiger partial charge in [0, 0.05) is 29.3 Å². The second kappa shape index (κ2) is 9.50. The number of ether oxygens (including phenoxy) is 1. The maximum absolute atomic E-state index is 13.9. The summed E-state index contributed by atoms with van der Waals surface area (Å²) in [6.07, 6.45) is -1.04. The zero-order valence-corrected chi connectivity index (χ0v) is 15.8. The van der Waals surface area contributed by atoms with Gasteiger partial charge < -0.3 is 15.8 Å². The number of rotatable bonds is 6. The van der Waals surface area contributed by atoms with Crippen molar-refractivity contribution in [1.29, 1.82) is 5.41 Å². The summed E-state index contributed by atoms with van der Waals surface area (Å²) in [4.78, 5) is 12.3. The fourth-order valence-corrected chi connectivity index (χ4v) is 2.55. The van der Waals surface area contributed by atoms with Crippen LogP contribution < -0.4 is 11.1 Å². The van der Waals surface area contributed by atoms with E-state index in [2.05, 4.69) is 21.2 Å². The first-order valence-electron chi connectivity index (χ1n) is 7.11. The van der Waals surface area contributed by atoms with Crippen molar-refractivity contribution < 1.29 is 13.9 Å². The van der Waals surface area contributed by atoms with Crippen LogP contribution in [0.2, 0.25) is 0 Å². The standard InChI is InChI=1S/C17H17BrFN3O2.ClH/c1-24-15(13-8-12(18)6-7-14(13)19)17(23)22-9-10-2-4-11(5-3-10)16(20)21;/h2-8,15H,9H2,1H3,(H3,20,21)(H,22,23);1H/t15-;/m0./s1. The van der Waals surface area contributed by atoms with Crippen LogP contribution in [0.3, 0.4) is 0 Å². The second-order valence-electron chi connectivity index (χ2n) is 5.11. The molecule has 2 rings (SSSR count). The number of benzene rings is 2. The van der Waals surface area contributed by atoms with E-state index < -0.39 is 17.8 Å². The monoisotopic (exact) mass is 429 g/mol. The van der Waals surface area contributed by atoms with Crippen LogP contribution in [-0.4, -0.2) is 18.9 Å². The number of carbonyl (C=O) groups is 1. The third-order valence-corrected chi connectivity index (χ3v) is 3.94. The molecule has 0 radical (unpaired) electrons. The minimum Gasteiger partial charge on any atom is -0.384 e. The van der Waals surface area contributed by atoms with E-state index in [1.807, 2.05) is 0 Å². The lowest BCUT2D eigenvalue weighted by molar-refractivity contribution is -0.131. The molecule has 2 aromatic carbocycles. The third kappa shape index (κ3) is 5.52. The second-order valence-corrected chi connectivity index (χ2v) is 6.03. The first kappa shape index (κ1) is 21.1. The van der Waals surface area contributed by atoms with E-state index in [1.165, 1.54) is 19.2 Å². The van der Waals surface area contributed by atoms with Gasteiger partial charge >= 0.3 is 0 Å². The summed E-state index contributed by atoms with van der Waals surface area (Å²) in [6.45, 7) is 0.256. The van der Waals surface area contributed by atoms with Crippen LogP contribution in [0.1, 0.15) is 22.8 Å². The van der Waals surface area contributed by atoms with E-state index in [0.717, 1.165) is 5.56 Å². The Bertz CT molecular complexity index is 756. The molecule has 0 heterocycles. The van der Waals surface area contributed by atoms with Crippen molar-refractivity contribution in [2.45, 2.75) is 12.6 Å². The molecule has 134 valence electrons. The van der Waals surface area contributed by atoms with Gasteiger partial charge in [0.2, 0.25) is 0 Å². The van der Waals surface area contributed by atoms with Crippen LogP contribution in [0.5, 0.6) is 0 Å². The van der Waals surface area contributed by atoms with Gasteiger partial charge in [-0.1, -0.05) is 40.2 Å². The molecule has 0 bridgehead atoms. The summed E-state index contributed by atoms with van der Waals surface area (Å²) in [5, 5.41) is 10.1. The van der Waals surface area contributed by atoms with Gasteiger partial charge in [-0.05, 0) is 23.8 Å². The molecule has 5 nitrogen and oxygen atoms in total. The van der Waals surface area contributed by atoms with Crippen molar-refractivity contribution in [1.82, 2.24) is 5.32 Å². The fourth-order valence-electron chi connectivity index (χ4n) is 2.17. The number of halogens is 3. The minimum atomic E-state index is -1.04. The lowest BCUT2D eigenvalue weighted by Crippen LogP contribution is -2.30. The van der Waals surface area contributed by atoms with Crippen molar-refractivity contribution >= 4 is 40.1 Å². The van der Waals surface area contributed by atoms with Crippen molar-refractivity contribution in [2.75, 3.05) is 7.11 Å². The molecule has 0 aliphatic heterocycles. The molecule has 0 fully saturated rings. The first-order valence-corrected chi connectivity index (χ1v) is 7.90. The van der Waals surface area contributed by atoms with Crippen molar-refractivity contribution in [2.24, 2.45) is 5.73 Å². The Kier molecular flexibility index (Phi) is 8.02. The van der Waals surface area contributed by atoms with E-state index in [-0.39, 0.29) is 30.4 Å². The number of hydrogen-bond donors (Lipinski definition) is 3. The number of amidine groups is 1. The molecule has 8 heteroatoms. The van der Waals surface area contributed by atoms with Crippen LogP contribution >= 0.6 is 28.3 Å². The SMILES string of the molecule is CO[C@H](C(=O)NCc1ccc(C(=N)N)cc1)c1cc(Br)ccc1F.Cl. The van der Waals surface area contributed by atoms with Gasteiger partial charge in [0.15, 0.2) is 6.10 Å². The highest BCUT2D eigenvalue weighted by Gasteiger charge is 2.23. The number of nitrogens with two attached hydrogens (primary N) is 1. The van der Waals surface area contributed by atoms with Gasteiger partial charge in [0.05, 0.1) is 0 Å². The average Bonchev–Trinajstić information content (AvgIpc) is 2.57.